The molecule has 0 radical (unpaired) electrons. The summed E-state index contributed by atoms with van der Waals surface area (Å²) in [6, 6.07) is 10.3. The van der Waals surface area contributed by atoms with Crippen molar-refractivity contribution in [2.75, 3.05) is 13.1 Å². The summed E-state index contributed by atoms with van der Waals surface area (Å²) < 4.78 is 6.19. The van der Waals surface area contributed by atoms with E-state index in [1.165, 1.54) is 24.8 Å². The van der Waals surface area contributed by atoms with Crippen molar-refractivity contribution in [3.8, 4) is 0 Å². The van der Waals surface area contributed by atoms with Crippen molar-refractivity contribution in [3.63, 3.8) is 0 Å². The topological polar surface area (TPSA) is 78.8 Å². The highest BCUT2D eigenvalue weighted by molar-refractivity contribution is 5.66. The largest absolute Gasteiger partial charge is 0.481 e. The number of aliphatic hydroxyl groups excluding tert-OH is 1. The number of carboxylic acids is 1. The average Bonchev–Trinajstić information content (AvgIpc) is 3.32. The van der Waals surface area contributed by atoms with Crippen LogP contribution in [0.2, 0.25) is 0 Å². The van der Waals surface area contributed by atoms with E-state index in [1.54, 1.807) is 0 Å². The van der Waals surface area contributed by atoms with Gasteiger partial charge in [0, 0.05) is 25.4 Å². The molecule has 5 atom stereocenters. The highest BCUT2D eigenvalue weighted by atomic mass is 16.5. The fourth-order valence-corrected chi connectivity index (χ4v) is 5.06. The number of hydrogen-bond acceptors (Lipinski definition) is 4. The highest BCUT2D eigenvalue weighted by Gasteiger charge is 2.47. The first kappa shape index (κ1) is 22.3. The van der Waals surface area contributed by atoms with Crippen LogP contribution in [-0.4, -0.2) is 47.6 Å². The Balaban J connectivity index is 1.32. The van der Waals surface area contributed by atoms with Crippen LogP contribution >= 0.6 is 0 Å². The van der Waals surface area contributed by atoms with Gasteiger partial charge in [-0.05, 0) is 50.0 Å². The Hall–Kier alpha value is -1.43. The average molecular weight is 404 g/mol. The Kier molecular flexibility index (Phi) is 8.96. The molecule has 1 aromatic carbocycles. The van der Waals surface area contributed by atoms with Crippen molar-refractivity contribution in [2.24, 2.45) is 11.8 Å². The molecule has 0 aliphatic carbocycles. The Bertz CT molecular complexity index is 608. The standard InChI is InChI=1S/C24H37NO4/c26-19(13-12-18-8-4-3-5-9-18)16-25-17-21-20(22-14-15-23(21)29-22)10-6-1-2-7-11-24(27)28/h3-5,8-9,19-23,25-26H,1-2,6-7,10-17H2,(H,27,28). The van der Waals surface area contributed by atoms with Gasteiger partial charge < -0.3 is 20.3 Å². The zero-order valence-corrected chi connectivity index (χ0v) is 17.5. The number of rotatable bonds is 14. The van der Waals surface area contributed by atoms with Crippen molar-refractivity contribution >= 4 is 5.97 Å². The quantitative estimate of drug-likeness (QED) is 0.412. The molecule has 0 aromatic heterocycles. The lowest BCUT2D eigenvalue weighted by atomic mass is 9.76. The van der Waals surface area contributed by atoms with E-state index in [0.29, 0.717) is 30.6 Å². The van der Waals surface area contributed by atoms with Gasteiger partial charge in [0.1, 0.15) is 0 Å². The van der Waals surface area contributed by atoms with E-state index in [2.05, 4.69) is 17.4 Å². The van der Waals surface area contributed by atoms with Crippen molar-refractivity contribution in [3.05, 3.63) is 35.9 Å². The molecule has 3 rings (SSSR count). The lowest BCUT2D eigenvalue weighted by molar-refractivity contribution is -0.137. The smallest absolute Gasteiger partial charge is 0.303 e. The van der Waals surface area contributed by atoms with Gasteiger partial charge in [-0.3, -0.25) is 4.79 Å². The maximum atomic E-state index is 10.6. The molecular weight excluding hydrogens is 366 g/mol. The Morgan fingerprint density at radius 1 is 1.07 bits per heavy atom. The number of hydrogen-bond donors (Lipinski definition) is 3. The monoisotopic (exact) mass is 403 g/mol. The first-order chi connectivity index (χ1) is 14.1. The van der Waals surface area contributed by atoms with E-state index in [9.17, 15) is 9.90 Å². The minimum Gasteiger partial charge on any atom is -0.481 e. The molecule has 162 valence electrons. The number of unbranched alkanes of at least 4 members (excludes halogenated alkanes) is 3. The van der Waals surface area contributed by atoms with E-state index in [1.807, 2.05) is 18.2 Å². The van der Waals surface area contributed by atoms with Crippen LogP contribution in [0.25, 0.3) is 0 Å². The van der Waals surface area contributed by atoms with Gasteiger partial charge in [-0.2, -0.15) is 0 Å². The molecule has 2 saturated heterocycles. The van der Waals surface area contributed by atoms with Gasteiger partial charge in [-0.25, -0.2) is 0 Å². The number of nitrogens with one attached hydrogen (secondary N) is 1. The predicted octanol–water partition coefficient (Wildman–Crippen LogP) is 3.79. The normalized spacial score (nSPS) is 26.7. The summed E-state index contributed by atoms with van der Waals surface area (Å²) in [5.74, 6) is 0.472. The van der Waals surface area contributed by atoms with Gasteiger partial charge >= 0.3 is 5.97 Å². The molecule has 3 N–H and O–H groups in total. The van der Waals surface area contributed by atoms with Crippen LogP contribution in [0.15, 0.2) is 30.3 Å². The van der Waals surface area contributed by atoms with Crippen molar-refractivity contribution in [1.29, 1.82) is 0 Å². The summed E-state index contributed by atoms with van der Waals surface area (Å²) in [5.41, 5.74) is 1.27. The second kappa shape index (κ2) is 11.7. The number of aliphatic carboxylic acids is 1. The van der Waals surface area contributed by atoms with E-state index >= 15 is 0 Å². The molecule has 2 bridgehead atoms. The minimum atomic E-state index is -0.691. The first-order valence-corrected chi connectivity index (χ1v) is 11.4. The zero-order chi connectivity index (χ0) is 20.5. The fraction of sp³-hybridized carbons (Fsp3) is 0.708. The van der Waals surface area contributed by atoms with E-state index < -0.39 is 5.97 Å². The fourth-order valence-electron chi connectivity index (χ4n) is 5.06. The summed E-state index contributed by atoms with van der Waals surface area (Å²) in [6.07, 6.45) is 10.0. The van der Waals surface area contributed by atoms with Gasteiger partial charge in [0.15, 0.2) is 0 Å². The first-order valence-electron chi connectivity index (χ1n) is 11.4. The number of fused-ring (bicyclic) bond motifs is 2. The molecule has 29 heavy (non-hydrogen) atoms. The van der Waals surface area contributed by atoms with Gasteiger partial charge in [0.25, 0.3) is 0 Å². The predicted molar refractivity (Wildman–Crippen MR) is 114 cm³/mol. The van der Waals surface area contributed by atoms with E-state index in [4.69, 9.17) is 9.84 Å². The molecule has 2 heterocycles. The second-order valence-electron chi connectivity index (χ2n) is 8.80. The number of aliphatic hydroxyl groups is 1. The highest BCUT2D eigenvalue weighted by Crippen LogP contribution is 2.45. The van der Waals surface area contributed by atoms with Crippen LogP contribution < -0.4 is 5.32 Å². The van der Waals surface area contributed by atoms with E-state index in [-0.39, 0.29) is 12.5 Å². The van der Waals surface area contributed by atoms with Crippen molar-refractivity contribution < 1.29 is 19.7 Å². The third-order valence-electron chi connectivity index (χ3n) is 6.64. The van der Waals surface area contributed by atoms with Gasteiger partial charge in [0.2, 0.25) is 0 Å². The number of carboxylic acid groups (broad SMARTS) is 1. The molecule has 1 aromatic rings. The Morgan fingerprint density at radius 3 is 2.55 bits per heavy atom. The van der Waals surface area contributed by atoms with Gasteiger partial charge in [0.05, 0.1) is 18.3 Å². The van der Waals surface area contributed by atoms with Crippen molar-refractivity contribution in [2.45, 2.75) is 82.5 Å². The summed E-state index contributed by atoms with van der Waals surface area (Å²) in [4.78, 5) is 10.6. The summed E-state index contributed by atoms with van der Waals surface area (Å²) in [6.45, 7) is 1.57. The molecule has 2 fully saturated rings. The molecule has 0 saturated carbocycles. The summed E-state index contributed by atoms with van der Waals surface area (Å²) >= 11 is 0. The Morgan fingerprint density at radius 2 is 1.79 bits per heavy atom. The third-order valence-corrected chi connectivity index (χ3v) is 6.64. The lowest BCUT2D eigenvalue weighted by Gasteiger charge is -2.28. The zero-order valence-electron chi connectivity index (χ0n) is 17.5. The van der Waals surface area contributed by atoms with Crippen LogP contribution in [0.1, 0.15) is 63.4 Å². The molecule has 0 spiro atoms. The van der Waals surface area contributed by atoms with E-state index in [0.717, 1.165) is 45.1 Å². The lowest BCUT2D eigenvalue weighted by Crippen LogP contribution is -2.38. The van der Waals surface area contributed by atoms with Gasteiger partial charge in [-0.15, -0.1) is 0 Å². The number of aryl methyl sites for hydroxylation is 1. The number of ether oxygens (including phenoxy) is 1. The number of benzene rings is 1. The van der Waals surface area contributed by atoms with Gasteiger partial charge in [-0.1, -0.05) is 49.6 Å². The third kappa shape index (κ3) is 7.09. The SMILES string of the molecule is O=C(O)CCCCCCC1C2CCC(O2)C1CNCC(O)CCc1ccccc1. The maximum absolute atomic E-state index is 10.6. The second-order valence-corrected chi connectivity index (χ2v) is 8.80. The molecule has 5 heteroatoms. The minimum absolute atomic E-state index is 0.288. The summed E-state index contributed by atoms with van der Waals surface area (Å²) in [7, 11) is 0. The Labute approximate surface area is 174 Å². The molecule has 2 aliphatic rings. The molecule has 5 unspecified atom stereocenters. The summed E-state index contributed by atoms with van der Waals surface area (Å²) in [5, 5.41) is 22.5. The van der Waals surface area contributed by atoms with Crippen LogP contribution in [0.3, 0.4) is 0 Å². The van der Waals surface area contributed by atoms with Crippen LogP contribution in [-0.2, 0) is 16.0 Å². The van der Waals surface area contributed by atoms with Crippen LogP contribution in [0.4, 0.5) is 0 Å². The maximum Gasteiger partial charge on any atom is 0.303 e. The molecular formula is C24H37NO4. The molecule has 2 aliphatic heterocycles. The molecule has 5 nitrogen and oxygen atoms in total. The van der Waals surface area contributed by atoms with Crippen molar-refractivity contribution in [1.82, 2.24) is 5.32 Å². The van der Waals surface area contributed by atoms with Crippen LogP contribution in [0, 0.1) is 11.8 Å². The van der Waals surface area contributed by atoms with Crippen LogP contribution in [0.5, 0.6) is 0 Å². The number of carbonyl (C=O) groups is 1. The molecule has 0 amide bonds.